The number of hydrogen-bond acceptors (Lipinski definition) is 5. The largest absolute Gasteiger partial charge is 0.480 e. The smallest absolute Gasteiger partial charge is 0.319 e. The molecule has 0 rings (SSSR count). The Morgan fingerprint density at radius 3 is 2.47 bits per heavy atom. The molecule has 0 aliphatic heterocycles. The molecule has 0 aliphatic rings. The molecule has 0 aromatic heterocycles. The molecule has 4 nitrogen and oxygen atoms in total. The molecule has 0 radical (unpaired) electrons. The molecule has 0 aromatic carbocycles. The second kappa shape index (κ2) is 6.84. The van der Waals surface area contributed by atoms with E-state index < -0.39 is 16.9 Å². The summed E-state index contributed by atoms with van der Waals surface area (Å²) < 4.78 is 15.6. The molecule has 0 heterocycles. The van der Waals surface area contributed by atoms with Gasteiger partial charge < -0.3 is 13.9 Å². The molecule has 0 bridgehead atoms. The Hall–Kier alpha value is 0.360. The number of carboxylic acids is 1. The van der Waals surface area contributed by atoms with Crippen molar-refractivity contribution in [3.63, 3.8) is 0 Å². The molecule has 7 heteroatoms. The summed E-state index contributed by atoms with van der Waals surface area (Å²) in [6.07, 6.45) is -2.11. The minimum absolute atomic E-state index is 0.379. The Morgan fingerprint density at radius 1 is 1.53 bits per heavy atom. The molecule has 0 saturated heterocycles. The zero-order valence-electron chi connectivity index (χ0n) is 9.27. The first kappa shape index (κ1) is 15.4. The van der Waals surface area contributed by atoms with Gasteiger partial charge >= 0.3 is 5.97 Å². The maximum Gasteiger partial charge on any atom is 0.319 e. The minimum Gasteiger partial charge on any atom is -0.480 e. The molecular weight excluding hydrogens is 255 g/mol. The lowest BCUT2D eigenvalue weighted by molar-refractivity contribution is -0.138. The SMILES string of the molecule is CC(C)COS[PH](=O)SC(C)(C)C(=O)O. The van der Waals surface area contributed by atoms with Crippen LogP contribution in [-0.4, -0.2) is 22.4 Å². The van der Waals surface area contributed by atoms with E-state index in [2.05, 4.69) is 0 Å². The predicted molar refractivity (Wildman–Crippen MR) is 66.7 cm³/mol. The van der Waals surface area contributed by atoms with Crippen LogP contribution in [0.1, 0.15) is 27.7 Å². The first-order valence-corrected chi connectivity index (χ1v) is 8.93. The van der Waals surface area contributed by atoms with Gasteiger partial charge in [0.25, 0.3) is 0 Å². The lowest BCUT2D eigenvalue weighted by Crippen LogP contribution is -2.25. The maximum atomic E-state index is 11.5. The van der Waals surface area contributed by atoms with Crippen molar-refractivity contribution in [3.05, 3.63) is 0 Å². The zero-order chi connectivity index (χ0) is 12.1. The van der Waals surface area contributed by atoms with Gasteiger partial charge in [0.2, 0.25) is 6.20 Å². The van der Waals surface area contributed by atoms with E-state index in [0.29, 0.717) is 12.5 Å². The van der Waals surface area contributed by atoms with Crippen molar-refractivity contribution in [2.75, 3.05) is 6.61 Å². The van der Waals surface area contributed by atoms with E-state index in [1.807, 2.05) is 13.8 Å². The van der Waals surface area contributed by atoms with Gasteiger partial charge in [-0.3, -0.25) is 4.79 Å². The Labute approximate surface area is 99.0 Å². The summed E-state index contributed by atoms with van der Waals surface area (Å²) in [6, 6.07) is 0. The van der Waals surface area contributed by atoms with Crippen molar-refractivity contribution in [2.24, 2.45) is 5.92 Å². The molecule has 1 atom stereocenters. The van der Waals surface area contributed by atoms with Gasteiger partial charge in [-0.05, 0) is 19.8 Å². The lowest BCUT2D eigenvalue weighted by Gasteiger charge is -2.17. The lowest BCUT2D eigenvalue weighted by atomic mass is 10.2. The molecule has 0 fully saturated rings. The average molecular weight is 272 g/mol. The van der Waals surface area contributed by atoms with E-state index in [1.165, 1.54) is 13.8 Å². The first-order valence-electron chi connectivity index (χ1n) is 4.51. The van der Waals surface area contributed by atoms with Gasteiger partial charge in [-0.25, -0.2) is 0 Å². The summed E-state index contributed by atoms with van der Waals surface area (Å²) in [5, 5.41) is 8.81. The molecule has 0 saturated carbocycles. The maximum absolute atomic E-state index is 11.5. The monoisotopic (exact) mass is 272 g/mol. The highest BCUT2D eigenvalue weighted by Crippen LogP contribution is 2.56. The van der Waals surface area contributed by atoms with E-state index in [1.54, 1.807) is 0 Å². The van der Waals surface area contributed by atoms with Crippen LogP contribution in [0.3, 0.4) is 0 Å². The van der Waals surface area contributed by atoms with Crippen LogP contribution in [-0.2, 0) is 13.5 Å². The Balaban J connectivity index is 3.89. The number of carbonyl (C=O) groups is 1. The van der Waals surface area contributed by atoms with E-state index >= 15 is 0 Å². The average Bonchev–Trinajstić information content (AvgIpc) is 2.01. The summed E-state index contributed by atoms with van der Waals surface area (Å²) in [7, 11) is 0. The van der Waals surface area contributed by atoms with E-state index in [-0.39, 0.29) is 0 Å². The van der Waals surface area contributed by atoms with Gasteiger partial charge in [-0.15, -0.1) is 0 Å². The molecule has 90 valence electrons. The molecule has 15 heavy (non-hydrogen) atoms. The summed E-state index contributed by atoms with van der Waals surface area (Å²) in [4.78, 5) is 10.7. The van der Waals surface area contributed by atoms with E-state index in [4.69, 9.17) is 9.29 Å². The van der Waals surface area contributed by atoms with Crippen LogP contribution in [0.2, 0.25) is 0 Å². The summed E-state index contributed by atoms with van der Waals surface area (Å²) in [5.74, 6) is -0.583. The fourth-order valence-corrected chi connectivity index (χ4v) is 6.18. The van der Waals surface area contributed by atoms with E-state index in [0.717, 1.165) is 23.0 Å². The van der Waals surface area contributed by atoms with Gasteiger partial charge in [0.1, 0.15) is 4.75 Å². The van der Waals surface area contributed by atoms with Crippen molar-refractivity contribution in [3.8, 4) is 0 Å². The Kier molecular flexibility index (Phi) is 7.00. The molecule has 1 unspecified atom stereocenters. The molecule has 1 N–H and O–H groups in total. The van der Waals surface area contributed by atoms with Crippen LogP contribution in [0.5, 0.6) is 0 Å². The second-order valence-corrected chi connectivity index (χ2v) is 10.2. The van der Waals surface area contributed by atoms with Crippen LogP contribution < -0.4 is 0 Å². The van der Waals surface area contributed by atoms with Gasteiger partial charge in [-0.2, -0.15) is 0 Å². The molecule has 0 aromatic rings. The fraction of sp³-hybridized carbons (Fsp3) is 0.875. The summed E-state index contributed by atoms with van der Waals surface area (Å²) in [5.41, 5.74) is 0. The van der Waals surface area contributed by atoms with Gasteiger partial charge in [0.05, 0.1) is 18.3 Å². The third-order valence-electron chi connectivity index (χ3n) is 1.38. The van der Waals surface area contributed by atoms with Crippen molar-refractivity contribution in [2.45, 2.75) is 32.4 Å². The van der Waals surface area contributed by atoms with Crippen LogP contribution in [0, 0.1) is 5.92 Å². The highest BCUT2D eigenvalue weighted by molar-refractivity contribution is 8.83. The van der Waals surface area contributed by atoms with Gasteiger partial charge in [0.15, 0.2) is 0 Å². The zero-order valence-corrected chi connectivity index (χ0v) is 11.9. The second-order valence-electron chi connectivity index (χ2n) is 3.93. The van der Waals surface area contributed by atoms with Crippen LogP contribution in [0.4, 0.5) is 0 Å². The normalized spacial score (nSPS) is 14.2. The van der Waals surface area contributed by atoms with Crippen molar-refractivity contribution in [1.29, 1.82) is 0 Å². The van der Waals surface area contributed by atoms with Gasteiger partial charge in [0, 0.05) is 0 Å². The third kappa shape index (κ3) is 7.28. The quantitative estimate of drug-likeness (QED) is 0.566. The Bertz CT molecular complexity index is 243. The number of hydrogen-bond donors (Lipinski definition) is 1. The molecular formula is C8H17O4PS2. The van der Waals surface area contributed by atoms with Crippen molar-refractivity contribution < 1.29 is 18.6 Å². The summed E-state index contributed by atoms with van der Waals surface area (Å²) in [6.45, 7) is 7.57. The third-order valence-corrected chi connectivity index (χ3v) is 6.78. The van der Waals surface area contributed by atoms with Gasteiger partial charge in [-0.1, -0.05) is 25.2 Å². The Morgan fingerprint density at radius 2 is 2.07 bits per heavy atom. The van der Waals surface area contributed by atoms with Crippen LogP contribution in [0.25, 0.3) is 0 Å². The topological polar surface area (TPSA) is 63.6 Å². The standard InChI is InChI=1S/C8H17O4PS2/c1-6(2)5-12-15-13(11)14-8(3,4)7(9)10/h6,13H,5H2,1-4H3,(H,9,10). The van der Waals surface area contributed by atoms with Crippen molar-refractivity contribution in [1.82, 2.24) is 0 Å². The van der Waals surface area contributed by atoms with Crippen molar-refractivity contribution >= 4 is 35.2 Å². The minimum atomic E-state index is -2.11. The number of rotatable bonds is 7. The molecule has 0 amide bonds. The summed E-state index contributed by atoms with van der Waals surface area (Å²) >= 11 is 1.84. The van der Waals surface area contributed by atoms with Crippen LogP contribution >= 0.6 is 29.2 Å². The molecule has 0 aliphatic carbocycles. The fourth-order valence-electron chi connectivity index (χ4n) is 0.487. The predicted octanol–water partition coefficient (Wildman–Crippen LogP) is 3.29. The number of carboxylic acid groups (broad SMARTS) is 1. The van der Waals surface area contributed by atoms with E-state index in [9.17, 15) is 9.36 Å². The highest BCUT2D eigenvalue weighted by Gasteiger charge is 2.30. The van der Waals surface area contributed by atoms with Crippen LogP contribution in [0.15, 0.2) is 0 Å². The highest BCUT2D eigenvalue weighted by atomic mass is 33.1. The molecule has 0 spiro atoms. The number of aliphatic carboxylic acids is 1. The first-order chi connectivity index (χ1) is 6.75.